The molecule has 0 spiro atoms. The first-order valence-electron chi connectivity index (χ1n) is 6.15. The minimum absolute atomic E-state index is 0.131. The van der Waals surface area contributed by atoms with E-state index in [-0.39, 0.29) is 11.7 Å². The van der Waals surface area contributed by atoms with Crippen molar-refractivity contribution < 1.29 is 13.5 Å². The highest BCUT2D eigenvalue weighted by Gasteiger charge is 2.26. The molecule has 1 aromatic carbocycles. The number of halogens is 2. The zero-order chi connectivity index (χ0) is 13.0. The maximum absolute atomic E-state index is 12.0. The van der Waals surface area contributed by atoms with Crippen LogP contribution in [0.4, 0.5) is 8.78 Å². The van der Waals surface area contributed by atoms with Crippen LogP contribution in [0.25, 0.3) is 0 Å². The van der Waals surface area contributed by atoms with E-state index in [2.05, 4.69) is 10.8 Å². The van der Waals surface area contributed by atoms with Crippen molar-refractivity contribution in [2.75, 3.05) is 0 Å². The van der Waals surface area contributed by atoms with Crippen molar-refractivity contribution in [3.8, 4) is 11.8 Å². The molecule has 0 saturated heterocycles. The molecule has 1 unspecified atom stereocenters. The lowest BCUT2D eigenvalue weighted by molar-refractivity contribution is -0.0498. The van der Waals surface area contributed by atoms with E-state index in [9.17, 15) is 14.0 Å². The fourth-order valence-electron chi connectivity index (χ4n) is 2.60. The summed E-state index contributed by atoms with van der Waals surface area (Å²) < 4.78 is 28.3. The molecular weight excluding hydrogens is 236 g/mol. The van der Waals surface area contributed by atoms with Gasteiger partial charge in [-0.1, -0.05) is 25.0 Å². The molecule has 0 bridgehead atoms. The number of ether oxygens (including phenoxy) is 1. The number of benzene rings is 1. The Balaban J connectivity index is 2.09. The van der Waals surface area contributed by atoms with Crippen LogP contribution in [-0.4, -0.2) is 6.61 Å². The molecule has 2 nitrogen and oxygen atoms in total. The Morgan fingerprint density at radius 1 is 1.17 bits per heavy atom. The Morgan fingerprint density at radius 2 is 1.78 bits per heavy atom. The van der Waals surface area contributed by atoms with Crippen molar-refractivity contribution in [1.82, 2.24) is 0 Å². The van der Waals surface area contributed by atoms with Crippen LogP contribution in [0, 0.1) is 17.2 Å². The van der Waals surface area contributed by atoms with Gasteiger partial charge in [-0.15, -0.1) is 0 Å². The first kappa shape index (κ1) is 12.8. The number of hydrogen-bond donors (Lipinski definition) is 0. The van der Waals surface area contributed by atoms with Gasteiger partial charge in [0.15, 0.2) is 0 Å². The van der Waals surface area contributed by atoms with E-state index in [4.69, 9.17) is 0 Å². The average Bonchev–Trinajstić information content (AvgIpc) is 2.85. The van der Waals surface area contributed by atoms with E-state index in [0.29, 0.717) is 5.92 Å². The average molecular weight is 251 g/mol. The Bertz CT molecular complexity index is 418. The summed E-state index contributed by atoms with van der Waals surface area (Å²) in [7, 11) is 0. The van der Waals surface area contributed by atoms with Crippen LogP contribution in [0.1, 0.15) is 37.2 Å². The lowest BCUT2D eigenvalue weighted by atomic mass is 9.86. The summed E-state index contributed by atoms with van der Waals surface area (Å²) in [4.78, 5) is 0. The van der Waals surface area contributed by atoms with Gasteiger partial charge in [0.25, 0.3) is 0 Å². The number of alkyl halides is 2. The van der Waals surface area contributed by atoms with Crippen LogP contribution in [0.3, 0.4) is 0 Å². The minimum atomic E-state index is -2.81. The molecular formula is C14H15F2NO. The zero-order valence-electron chi connectivity index (χ0n) is 9.98. The van der Waals surface area contributed by atoms with Gasteiger partial charge >= 0.3 is 6.61 Å². The van der Waals surface area contributed by atoms with Gasteiger partial charge in [-0.25, -0.2) is 0 Å². The van der Waals surface area contributed by atoms with Gasteiger partial charge in [0.2, 0.25) is 0 Å². The Labute approximate surface area is 105 Å². The van der Waals surface area contributed by atoms with Crippen molar-refractivity contribution in [1.29, 1.82) is 5.26 Å². The predicted molar refractivity (Wildman–Crippen MR) is 63.4 cm³/mol. The number of nitriles is 1. The van der Waals surface area contributed by atoms with Crippen LogP contribution in [0.2, 0.25) is 0 Å². The molecule has 0 heterocycles. The first-order valence-corrected chi connectivity index (χ1v) is 6.15. The second kappa shape index (κ2) is 5.81. The Morgan fingerprint density at radius 3 is 2.28 bits per heavy atom. The Kier molecular flexibility index (Phi) is 4.14. The third kappa shape index (κ3) is 2.98. The second-order valence-electron chi connectivity index (χ2n) is 4.60. The molecule has 0 aromatic heterocycles. The van der Waals surface area contributed by atoms with Gasteiger partial charge in [0.05, 0.1) is 12.0 Å². The molecule has 1 atom stereocenters. The van der Waals surface area contributed by atoms with Gasteiger partial charge in [0.1, 0.15) is 5.75 Å². The molecule has 1 aliphatic carbocycles. The molecule has 96 valence electrons. The summed E-state index contributed by atoms with van der Waals surface area (Å²) in [5.74, 6) is 0.404. The summed E-state index contributed by atoms with van der Waals surface area (Å²) in [5, 5.41) is 9.25. The van der Waals surface area contributed by atoms with Crippen LogP contribution < -0.4 is 4.74 Å². The molecule has 1 aliphatic rings. The fourth-order valence-corrected chi connectivity index (χ4v) is 2.60. The normalized spacial score (nSPS) is 17.7. The number of rotatable bonds is 4. The van der Waals surface area contributed by atoms with Crippen LogP contribution in [0.15, 0.2) is 24.3 Å². The van der Waals surface area contributed by atoms with Crippen LogP contribution in [0.5, 0.6) is 5.75 Å². The van der Waals surface area contributed by atoms with Crippen LogP contribution >= 0.6 is 0 Å². The summed E-state index contributed by atoms with van der Waals surface area (Å²) in [6, 6.07) is 8.76. The van der Waals surface area contributed by atoms with E-state index in [1.807, 2.05) is 0 Å². The molecule has 0 aliphatic heterocycles. The van der Waals surface area contributed by atoms with Crippen molar-refractivity contribution in [3.05, 3.63) is 29.8 Å². The molecule has 4 heteroatoms. The topological polar surface area (TPSA) is 33.0 Å². The molecule has 0 radical (unpaired) electrons. The van der Waals surface area contributed by atoms with Gasteiger partial charge in [-0.2, -0.15) is 14.0 Å². The summed E-state index contributed by atoms with van der Waals surface area (Å²) in [6.45, 7) is -2.81. The predicted octanol–water partition coefficient (Wildman–Crippen LogP) is 4.09. The third-order valence-electron chi connectivity index (χ3n) is 3.47. The van der Waals surface area contributed by atoms with Crippen molar-refractivity contribution in [2.24, 2.45) is 5.92 Å². The number of nitrogens with zero attached hydrogens (tertiary/aromatic N) is 1. The quantitative estimate of drug-likeness (QED) is 0.807. The minimum Gasteiger partial charge on any atom is -0.435 e. The largest absolute Gasteiger partial charge is 0.435 e. The highest BCUT2D eigenvalue weighted by Crippen LogP contribution is 2.37. The smallest absolute Gasteiger partial charge is 0.387 e. The lowest BCUT2D eigenvalue weighted by Gasteiger charge is -2.16. The van der Waals surface area contributed by atoms with Gasteiger partial charge < -0.3 is 4.74 Å². The highest BCUT2D eigenvalue weighted by molar-refractivity contribution is 5.32. The fraction of sp³-hybridized carbons (Fsp3) is 0.500. The molecule has 1 saturated carbocycles. The van der Waals surface area contributed by atoms with Crippen LogP contribution in [-0.2, 0) is 0 Å². The van der Waals surface area contributed by atoms with E-state index in [1.165, 1.54) is 25.0 Å². The third-order valence-corrected chi connectivity index (χ3v) is 3.47. The van der Waals surface area contributed by atoms with E-state index >= 15 is 0 Å². The van der Waals surface area contributed by atoms with Gasteiger partial charge in [-0.05, 0) is 36.5 Å². The zero-order valence-corrected chi connectivity index (χ0v) is 9.98. The van der Waals surface area contributed by atoms with E-state index in [0.717, 1.165) is 18.4 Å². The molecule has 1 fully saturated rings. The van der Waals surface area contributed by atoms with Gasteiger partial charge in [-0.3, -0.25) is 0 Å². The first-order chi connectivity index (χ1) is 8.70. The summed E-state index contributed by atoms with van der Waals surface area (Å²) in [5.41, 5.74) is 0.894. The molecule has 0 amide bonds. The lowest BCUT2D eigenvalue weighted by Crippen LogP contribution is -2.08. The number of hydrogen-bond acceptors (Lipinski definition) is 2. The van der Waals surface area contributed by atoms with E-state index < -0.39 is 6.61 Å². The van der Waals surface area contributed by atoms with Gasteiger partial charge in [0, 0.05) is 0 Å². The molecule has 0 N–H and O–H groups in total. The Hall–Kier alpha value is -1.63. The summed E-state index contributed by atoms with van der Waals surface area (Å²) >= 11 is 0. The second-order valence-corrected chi connectivity index (χ2v) is 4.60. The monoisotopic (exact) mass is 251 g/mol. The maximum atomic E-state index is 12.0. The SMILES string of the molecule is N#CC(c1ccc(OC(F)F)cc1)C1CCCC1. The van der Waals surface area contributed by atoms with E-state index in [1.54, 1.807) is 12.1 Å². The standard InChI is InChI=1S/C14H15F2NO/c15-14(16)18-12-7-5-11(6-8-12)13(9-17)10-3-1-2-4-10/h5-8,10,13-14H,1-4H2. The van der Waals surface area contributed by atoms with Crippen molar-refractivity contribution >= 4 is 0 Å². The van der Waals surface area contributed by atoms with Crippen molar-refractivity contribution in [2.45, 2.75) is 38.2 Å². The molecule has 1 aromatic rings. The molecule has 18 heavy (non-hydrogen) atoms. The summed E-state index contributed by atoms with van der Waals surface area (Å²) in [6.07, 6.45) is 4.51. The van der Waals surface area contributed by atoms with Crippen molar-refractivity contribution in [3.63, 3.8) is 0 Å². The maximum Gasteiger partial charge on any atom is 0.387 e. The highest BCUT2D eigenvalue weighted by atomic mass is 19.3. The molecule has 2 rings (SSSR count).